The minimum atomic E-state index is 0.736. The number of aromatic nitrogens is 2. The Morgan fingerprint density at radius 1 is 0.337 bits per heavy atom. The number of rotatable bonds is 46. The Bertz CT molecular complexity index is 3980. The summed E-state index contributed by atoms with van der Waals surface area (Å²) >= 11 is 20.9. The van der Waals surface area contributed by atoms with Crippen molar-refractivity contribution >= 4 is 123 Å². The highest BCUT2D eigenvalue weighted by molar-refractivity contribution is 7.29. The SMILES string of the molecule is CCCCCCCCCCCCc1cc(-c2cc(Cl)c(-c3ccc(-c4cc5c(-c6ccc(CC(CCCCCC)CCCCCCCC)s6)c6sc(-c7ccccc7)cc6c(-c6ccc(CC(CCCCCC)CCCCCCCC)s6)c5s4)s3)c3nsnc23)sc1-c1ccccc1. The fourth-order valence-electron chi connectivity index (χ4n) is 15.1. The number of fused-ring (bicyclic) bond motifs is 3. The van der Waals surface area contributed by atoms with E-state index in [0.717, 1.165) is 50.3 Å². The Kier molecular flexibility index (Phi) is 30.5. The number of halogens is 1. The zero-order chi connectivity index (χ0) is 67.7. The van der Waals surface area contributed by atoms with Gasteiger partial charge < -0.3 is 0 Å². The molecule has 0 spiro atoms. The number of thiophene rings is 6. The molecule has 98 heavy (non-hydrogen) atoms. The maximum atomic E-state index is 7.69. The van der Waals surface area contributed by atoms with Crippen LogP contribution in [0.4, 0.5) is 0 Å². The van der Waals surface area contributed by atoms with Gasteiger partial charge in [0.2, 0.25) is 0 Å². The van der Waals surface area contributed by atoms with E-state index in [1.54, 1.807) is 9.75 Å². The Morgan fingerprint density at radius 3 is 1.28 bits per heavy atom. The number of unbranched alkanes of at least 4 members (excludes halogenated alkanes) is 25. The third kappa shape index (κ3) is 20.3. The van der Waals surface area contributed by atoms with E-state index >= 15 is 0 Å². The summed E-state index contributed by atoms with van der Waals surface area (Å²) < 4.78 is 13.0. The molecule has 0 radical (unpaired) electrons. The van der Waals surface area contributed by atoms with Gasteiger partial charge in [-0.2, -0.15) is 8.75 Å². The van der Waals surface area contributed by atoms with Crippen LogP contribution in [-0.2, 0) is 19.3 Å². The predicted octanol–water partition coefficient (Wildman–Crippen LogP) is 32.9. The zero-order valence-electron chi connectivity index (χ0n) is 60.0. The smallest absolute Gasteiger partial charge is 0.115 e. The molecule has 0 fully saturated rings. The zero-order valence-corrected chi connectivity index (χ0v) is 66.5. The normalized spacial score (nSPS) is 12.6. The van der Waals surface area contributed by atoms with Crippen molar-refractivity contribution in [2.24, 2.45) is 11.8 Å². The molecule has 10 heteroatoms. The monoisotopic (exact) mass is 1450 g/mol. The number of nitrogens with zero attached hydrogens (tertiary/aromatic N) is 2. The van der Waals surface area contributed by atoms with Crippen molar-refractivity contribution in [3.63, 3.8) is 0 Å². The van der Waals surface area contributed by atoms with Crippen molar-refractivity contribution in [3.05, 3.63) is 142 Å². The highest BCUT2D eigenvalue weighted by Crippen LogP contribution is 2.56. The molecule has 2 unspecified atom stereocenters. The van der Waals surface area contributed by atoms with E-state index in [0.29, 0.717) is 0 Å². The lowest BCUT2D eigenvalue weighted by atomic mass is 9.91. The van der Waals surface area contributed by atoms with E-state index < -0.39 is 0 Å². The molecule has 0 saturated heterocycles. The second-order valence-electron chi connectivity index (χ2n) is 28.5. The lowest BCUT2D eigenvalue weighted by Crippen LogP contribution is -2.04. The van der Waals surface area contributed by atoms with Gasteiger partial charge in [-0.05, 0) is 115 Å². The summed E-state index contributed by atoms with van der Waals surface area (Å²) in [4.78, 5) is 13.6. The van der Waals surface area contributed by atoms with Gasteiger partial charge in [-0.15, -0.1) is 68.0 Å². The highest BCUT2D eigenvalue weighted by atomic mass is 35.5. The van der Waals surface area contributed by atoms with Crippen LogP contribution in [0.25, 0.3) is 104 Å². The molecule has 7 heterocycles. The Balaban J connectivity index is 0.961. The van der Waals surface area contributed by atoms with Gasteiger partial charge in [0, 0.05) is 91.2 Å². The molecule has 522 valence electrons. The first-order valence-electron chi connectivity index (χ1n) is 38.9. The van der Waals surface area contributed by atoms with Gasteiger partial charge in [0.15, 0.2) is 0 Å². The van der Waals surface area contributed by atoms with Crippen molar-refractivity contribution in [2.45, 2.75) is 272 Å². The van der Waals surface area contributed by atoms with Crippen LogP contribution >= 0.6 is 91.3 Å². The van der Waals surface area contributed by atoms with E-state index in [2.05, 4.69) is 179 Å². The van der Waals surface area contributed by atoms with Crippen LogP contribution < -0.4 is 0 Å². The summed E-state index contributed by atoms with van der Waals surface area (Å²) in [5.41, 5.74) is 10.8. The minimum Gasteiger partial charge on any atom is -0.172 e. The van der Waals surface area contributed by atoms with Crippen molar-refractivity contribution in [1.29, 1.82) is 0 Å². The predicted molar refractivity (Wildman–Crippen MR) is 446 cm³/mol. The third-order valence-corrected chi connectivity index (χ3v) is 28.7. The second-order valence-corrected chi connectivity index (χ2v) is 36.0. The third-order valence-electron chi connectivity index (χ3n) is 20.7. The van der Waals surface area contributed by atoms with Gasteiger partial charge in [0.1, 0.15) is 11.0 Å². The molecule has 0 bridgehead atoms. The first-order chi connectivity index (χ1) is 48.4. The van der Waals surface area contributed by atoms with Gasteiger partial charge >= 0.3 is 0 Å². The summed E-state index contributed by atoms with van der Waals surface area (Å²) in [6, 6.07) is 46.8. The van der Waals surface area contributed by atoms with Gasteiger partial charge in [-0.1, -0.05) is 319 Å². The van der Waals surface area contributed by atoms with E-state index in [4.69, 9.17) is 20.3 Å². The van der Waals surface area contributed by atoms with E-state index in [-0.39, 0.29) is 0 Å². The summed E-state index contributed by atoms with van der Waals surface area (Å²) in [6.45, 7) is 11.7. The molecular weight excluding hydrogens is 1340 g/mol. The Labute approximate surface area is 623 Å². The molecule has 0 aliphatic rings. The summed E-state index contributed by atoms with van der Waals surface area (Å²) in [6.07, 6.45) is 49.3. The van der Waals surface area contributed by atoms with Crippen LogP contribution in [0.5, 0.6) is 0 Å². The Morgan fingerprint density at radius 2 is 0.755 bits per heavy atom. The van der Waals surface area contributed by atoms with Crippen LogP contribution in [0.1, 0.15) is 268 Å². The highest BCUT2D eigenvalue weighted by Gasteiger charge is 2.27. The standard InChI is InChI=1S/C88H111ClN2S7/c1-6-11-16-21-24-25-26-27-30-37-50-67-59-79(96-86(67)66-48-40-32-41-49-66)70-60-73(89)83(85-84(70)90-98-91-85)77-56-55-74(94-77)80-62-72-82(76-54-52-69(93-76)58-64(43-34-20-15-10-5)45-36-29-23-18-13-8-3)87-71(61-78(95-87)65-46-38-31-39-47-65)81(88(72)97-80)75-53-51-68(92-75)57-63(42-33-19-14-9-4)44-35-28-22-17-12-7-2/h31-32,38-41,46-49,51-56,59-64H,6-30,33-37,42-45,50,57-58H2,1-5H3. The van der Waals surface area contributed by atoms with Gasteiger partial charge in [-0.25, -0.2) is 0 Å². The number of hydrogen-bond donors (Lipinski definition) is 0. The minimum absolute atomic E-state index is 0.736. The molecule has 2 atom stereocenters. The van der Waals surface area contributed by atoms with Crippen LogP contribution in [0.3, 0.4) is 0 Å². The van der Waals surface area contributed by atoms with E-state index in [9.17, 15) is 0 Å². The fourth-order valence-corrected chi connectivity index (χ4v) is 23.4. The van der Waals surface area contributed by atoms with Crippen molar-refractivity contribution < 1.29 is 0 Å². The topological polar surface area (TPSA) is 25.8 Å². The van der Waals surface area contributed by atoms with Gasteiger partial charge in [0.05, 0.1) is 16.8 Å². The van der Waals surface area contributed by atoms with Crippen molar-refractivity contribution in [2.75, 3.05) is 0 Å². The maximum absolute atomic E-state index is 7.69. The molecular formula is C88H111ClN2S7. The molecule has 0 N–H and O–H groups in total. The molecule has 0 aliphatic carbocycles. The van der Waals surface area contributed by atoms with E-state index in [1.165, 1.54) is 325 Å². The number of aryl methyl sites for hydroxylation is 1. The quantitative estimate of drug-likeness (QED) is 0.0355. The van der Waals surface area contributed by atoms with Crippen molar-refractivity contribution in [1.82, 2.24) is 8.75 Å². The molecule has 2 nitrogen and oxygen atoms in total. The maximum Gasteiger partial charge on any atom is 0.115 e. The van der Waals surface area contributed by atoms with Crippen LogP contribution in [0.15, 0.2) is 121 Å². The molecule has 7 aromatic heterocycles. The number of hydrogen-bond acceptors (Lipinski definition) is 9. The number of benzene rings is 4. The molecule has 0 amide bonds. The van der Waals surface area contributed by atoms with Crippen LogP contribution in [-0.4, -0.2) is 8.75 Å². The molecule has 0 saturated carbocycles. The van der Waals surface area contributed by atoms with Gasteiger partial charge in [-0.3, -0.25) is 0 Å². The Hall–Kier alpha value is -4.29. The van der Waals surface area contributed by atoms with Gasteiger partial charge in [0.25, 0.3) is 0 Å². The van der Waals surface area contributed by atoms with Crippen LogP contribution in [0, 0.1) is 11.8 Å². The van der Waals surface area contributed by atoms with E-state index in [1.807, 2.05) is 45.3 Å². The fraction of sp³-hybridized carbons (Fsp3) is 0.500. The molecule has 11 aromatic rings. The summed E-state index contributed by atoms with van der Waals surface area (Å²) in [5.74, 6) is 1.47. The summed E-state index contributed by atoms with van der Waals surface area (Å²) in [5, 5.41) is 3.53. The lowest BCUT2D eigenvalue weighted by Gasteiger charge is -2.16. The molecule has 4 aromatic carbocycles. The lowest BCUT2D eigenvalue weighted by molar-refractivity contribution is 0.404. The largest absolute Gasteiger partial charge is 0.172 e. The average molecular weight is 1460 g/mol. The average Bonchev–Trinajstić information content (AvgIpc) is 1.56. The molecule has 0 aliphatic heterocycles. The molecule has 11 rings (SSSR count). The first kappa shape index (κ1) is 74.9. The summed E-state index contributed by atoms with van der Waals surface area (Å²) in [7, 11) is 0. The first-order valence-corrected chi connectivity index (χ1v) is 44.9. The van der Waals surface area contributed by atoms with Crippen molar-refractivity contribution in [3.8, 4) is 72.4 Å². The second kappa shape index (κ2) is 39.9. The van der Waals surface area contributed by atoms with Crippen LogP contribution in [0.2, 0.25) is 5.02 Å².